The number of allylic oxidation sites excluding steroid dienone is 1. The molecule has 0 aromatic rings. The van der Waals surface area contributed by atoms with Crippen LogP contribution in [0.15, 0.2) is 12.0 Å². The first-order valence-corrected chi connectivity index (χ1v) is 6.90. The first-order chi connectivity index (χ1) is 6.78. The standard InChI is InChI=1S/C8H20N3OPS/c1-12-8(11-10)5-3-2-4-7(6-9)14-13/h5,7,11H,2-4,6,9-10,13H2,1H3/b8-5-. The van der Waals surface area contributed by atoms with E-state index in [1.165, 1.54) is 0 Å². The average molecular weight is 237 g/mol. The maximum absolute atomic E-state index is 5.57. The van der Waals surface area contributed by atoms with Crippen molar-refractivity contribution in [3.05, 3.63) is 12.0 Å². The smallest absolute Gasteiger partial charge is 0.196 e. The third-order valence-electron chi connectivity index (χ3n) is 1.88. The summed E-state index contributed by atoms with van der Waals surface area (Å²) in [6.07, 6.45) is 5.11. The molecule has 84 valence electrons. The Morgan fingerprint density at radius 3 is 2.86 bits per heavy atom. The maximum atomic E-state index is 5.57. The van der Waals surface area contributed by atoms with Crippen molar-refractivity contribution < 1.29 is 4.74 Å². The molecule has 0 aliphatic rings. The van der Waals surface area contributed by atoms with E-state index in [4.69, 9.17) is 16.3 Å². The summed E-state index contributed by atoms with van der Waals surface area (Å²) < 4.78 is 4.95. The lowest BCUT2D eigenvalue weighted by Gasteiger charge is -2.10. The molecule has 0 saturated heterocycles. The van der Waals surface area contributed by atoms with Gasteiger partial charge in [-0.3, -0.25) is 5.43 Å². The molecule has 0 radical (unpaired) electrons. The van der Waals surface area contributed by atoms with Gasteiger partial charge < -0.3 is 10.5 Å². The molecule has 0 aliphatic carbocycles. The van der Waals surface area contributed by atoms with Gasteiger partial charge in [0.2, 0.25) is 0 Å². The summed E-state index contributed by atoms with van der Waals surface area (Å²) in [4.78, 5) is 0. The zero-order valence-electron chi connectivity index (χ0n) is 8.53. The van der Waals surface area contributed by atoms with Crippen molar-refractivity contribution in [2.45, 2.75) is 24.5 Å². The summed E-state index contributed by atoms with van der Waals surface area (Å²) in [5.74, 6) is 5.83. The van der Waals surface area contributed by atoms with E-state index >= 15 is 0 Å². The quantitative estimate of drug-likeness (QED) is 0.193. The SMILES string of the molecule is CO/C(=C\CCCC(CN)SP)NN. The molecule has 0 bridgehead atoms. The predicted octanol–water partition coefficient (Wildman–Crippen LogP) is 0.958. The molecule has 0 aromatic carbocycles. The van der Waals surface area contributed by atoms with Gasteiger partial charge >= 0.3 is 0 Å². The summed E-state index contributed by atoms with van der Waals surface area (Å²) in [6, 6.07) is 0. The summed E-state index contributed by atoms with van der Waals surface area (Å²) in [7, 11) is 4.24. The van der Waals surface area contributed by atoms with Crippen LogP contribution in [0.3, 0.4) is 0 Å². The minimum absolute atomic E-state index is 0.533. The van der Waals surface area contributed by atoms with E-state index in [0.29, 0.717) is 11.1 Å². The highest BCUT2D eigenvalue weighted by Crippen LogP contribution is 2.22. The van der Waals surface area contributed by atoms with Crippen LogP contribution in [0, 0.1) is 0 Å². The second-order valence-electron chi connectivity index (χ2n) is 2.84. The van der Waals surface area contributed by atoms with Gasteiger partial charge in [-0.25, -0.2) is 5.84 Å². The van der Waals surface area contributed by atoms with Crippen molar-refractivity contribution in [2.24, 2.45) is 11.6 Å². The van der Waals surface area contributed by atoms with Crippen molar-refractivity contribution >= 4 is 19.8 Å². The van der Waals surface area contributed by atoms with Crippen LogP contribution in [0.5, 0.6) is 0 Å². The van der Waals surface area contributed by atoms with E-state index in [0.717, 1.165) is 25.8 Å². The Bertz CT molecular complexity index is 159. The average Bonchev–Trinajstić information content (AvgIpc) is 2.24. The molecule has 0 heterocycles. The fourth-order valence-corrected chi connectivity index (χ4v) is 2.18. The number of ether oxygens (including phenoxy) is 1. The number of hydrazine groups is 1. The largest absolute Gasteiger partial charge is 0.482 e. The van der Waals surface area contributed by atoms with Crippen LogP contribution in [-0.4, -0.2) is 18.9 Å². The predicted molar refractivity (Wildman–Crippen MR) is 66.4 cm³/mol. The van der Waals surface area contributed by atoms with Crippen LogP contribution in [0.2, 0.25) is 0 Å². The Hall–Kier alpha value is 0.0400. The number of unbranched alkanes of at least 4 members (excludes halogenated alkanes) is 1. The van der Waals surface area contributed by atoms with E-state index in [1.54, 1.807) is 18.5 Å². The normalized spacial score (nSPS) is 13.9. The second kappa shape index (κ2) is 9.59. The fraction of sp³-hybridized carbons (Fsp3) is 0.750. The van der Waals surface area contributed by atoms with E-state index in [1.807, 2.05) is 6.08 Å². The highest BCUT2D eigenvalue weighted by Gasteiger charge is 2.02. The molecule has 0 rings (SSSR count). The highest BCUT2D eigenvalue weighted by molar-refractivity contribution is 8.44. The molecule has 2 unspecified atom stereocenters. The van der Waals surface area contributed by atoms with E-state index in [9.17, 15) is 0 Å². The van der Waals surface area contributed by atoms with Crippen LogP contribution in [-0.2, 0) is 4.74 Å². The molecule has 0 saturated carbocycles. The Balaban J connectivity index is 3.57. The monoisotopic (exact) mass is 237 g/mol. The number of nitrogens with one attached hydrogen (secondary N) is 1. The van der Waals surface area contributed by atoms with E-state index in [2.05, 4.69) is 13.9 Å². The van der Waals surface area contributed by atoms with Crippen LogP contribution in [0.4, 0.5) is 0 Å². The highest BCUT2D eigenvalue weighted by atomic mass is 32.7. The van der Waals surface area contributed by atoms with E-state index in [-0.39, 0.29) is 0 Å². The molecule has 4 nitrogen and oxygen atoms in total. The minimum Gasteiger partial charge on any atom is -0.482 e. The molecular formula is C8H20N3OPS. The van der Waals surface area contributed by atoms with Gasteiger partial charge in [0.05, 0.1) is 7.11 Å². The number of hydrogen-bond donors (Lipinski definition) is 3. The number of methoxy groups -OCH3 is 1. The zero-order valence-corrected chi connectivity index (χ0v) is 10.5. The van der Waals surface area contributed by atoms with Crippen LogP contribution < -0.4 is 17.0 Å². The van der Waals surface area contributed by atoms with E-state index < -0.39 is 0 Å². The first kappa shape index (κ1) is 14.0. The Labute approximate surface area is 92.1 Å². The summed E-state index contributed by atoms with van der Waals surface area (Å²) in [5.41, 5.74) is 8.04. The third kappa shape index (κ3) is 6.49. The van der Waals surface area contributed by atoms with Crippen LogP contribution in [0.1, 0.15) is 19.3 Å². The van der Waals surface area contributed by atoms with Crippen molar-refractivity contribution in [1.29, 1.82) is 0 Å². The lowest BCUT2D eigenvalue weighted by Crippen LogP contribution is -2.22. The maximum Gasteiger partial charge on any atom is 0.196 e. The van der Waals surface area contributed by atoms with Gasteiger partial charge in [0.1, 0.15) is 0 Å². The molecule has 0 fully saturated rings. The topological polar surface area (TPSA) is 73.3 Å². The molecular weight excluding hydrogens is 217 g/mol. The Morgan fingerprint density at radius 1 is 1.71 bits per heavy atom. The molecule has 0 aromatic heterocycles. The van der Waals surface area contributed by atoms with Crippen molar-refractivity contribution in [1.82, 2.24) is 5.43 Å². The number of nitrogens with two attached hydrogens (primary N) is 2. The minimum atomic E-state index is 0.533. The summed E-state index contributed by atoms with van der Waals surface area (Å²) >= 11 is 1.74. The molecule has 5 N–H and O–H groups in total. The van der Waals surface area contributed by atoms with Gasteiger partial charge in [-0.05, 0) is 25.3 Å². The molecule has 6 heteroatoms. The summed E-state index contributed by atoms with van der Waals surface area (Å²) in [5, 5.41) is 0.533. The molecule has 0 aliphatic heterocycles. The Morgan fingerprint density at radius 2 is 2.43 bits per heavy atom. The lowest BCUT2D eigenvalue weighted by molar-refractivity contribution is 0.260. The molecule has 0 spiro atoms. The fourth-order valence-electron chi connectivity index (χ4n) is 1.02. The van der Waals surface area contributed by atoms with Gasteiger partial charge in [-0.15, -0.1) is 11.4 Å². The zero-order chi connectivity index (χ0) is 10.8. The van der Waals surface area contributed by atoms with Crippen molar-refractivity contribution in [2.75, 3.05) is 13.7 Å². The summed E-state index contributed by atoms with van der Waals surface area (Å²) in [6.45, 7) is 0.726. The van der Waals surface area contributed by atoms with Gasteiger partial charge in [0.15, 0.2) is 5.88 Å². The van der Waals surface area contributed by atoms with Crippen LogP contribution >= 0.6 is 19.8 Å². The van der Waals surface area contributed by atoms with Gasteiger partial charge in [0.25, 0.3) is 0 Å². The second-order valence-corrected chi connectivity index (χ2v) is 4.60. The first-order valence-electron chi connectivity index (χ1n) is 4.54. The molecule has 0 amide bonds. The van der Waals surface area contributed by atoms with Crippen LogP contribution in [0.25, 0.3) is 0 Å². The van der Waals surface area contributed by atoms with Gasteiger partial charge in [-0.1, -0.05) is 8.44 Å². The van der Waals surface area contributed by atoms with Gasteiger partial charge in [-0.2, -0.15) is 0 Å². The Kier molecular flexibility index (Phi) is 9.62. The van der Waals surface area contributed by atoms with Gasteiger partial charge in [0, 0.05) is 11.8 Å². The van der Waals surface area contributed by atoms with Crippen molar-refractivity contribution in [3.8, 4) is 0 Å². The third-order valence-corrected chi connectivity index (χ3v) is 3.85. The molecule has 2 atom stereocenters. The van der Waals surface area contributed by atoms with Crippen molar-refractivity contribution in [3.63, 3.8) is 0 Å². The number of rotatable bonds is 8. The molecule has 14 heavy (non-hydrogen) atoms. The number of hydrogen-bond acceptors (Lipinski definition) is 5. The lowest BCUT2D eigenvalue weighted by atomic mass is 10.2.